The largest absolute Gasteiger partial charge is 0.465 e. The molecule has 4 nitrogen and oxygen atoms in total. The lowest BCUT2D eigenvalue weighted by Crippen LogP contribution is -2.39. The van der Waals surface area contributed by atoms with Crippen molar-refractivity contribution in [1.29, 1.82) is 0 Å². The van der Waals surface area contributed by atoms with Gasteiger partial charge in [0.05, 0.1) is 13.2 Å². The Morgan fingerprint density at radius 2 is 1.93 bits per heavy atom. The molecule has 0 aromatic heterocycles. The van der Waals surface area contributed by atoms with Crippen molar-refractivity contribution in [3.63, 3.8) is 0 Å². The zero-order valence-electron chi connectivity index (χ0n) is 10.0. The van der Waals surface area contributed by atoms with Crippen molar-refractivity contribution in [1.82, 2.24) is 5.32 Å². The van der Waals surface area contributed by atoms with E-state index < -0.39 is 0 Å². The predicted molar refractivity (Wildman–Crippen MR) is 59.6 cm³/mol. The smallest absolute Gasteiger partial charge is 0.319 e. The maximum absolute atomic E-state index is 11.0. The van der Waals surface area contributed by atoms with Gasteiger partial charge in [-0.05, 0) is 19.8 Å². The van der Waals surface area contributed by atoms with Gasteiger partial charge in [0, 0.05) is 18.6 Å². The molecule has 0 heterocycles. The summed E-state index contributed by atoms with van der Waals surface area (Å²) in [5.41, 5.74) is -0.105. The number of ether oxygens (including phenoxy) is 1. The Kier molecular flexibility index (Phi) is 7.34. The molecule has 0 atom stereocenters. The number of carbonyl (C=O) groups is 1. The molecular weight excluding hydrogens is 194 g/mol. The van der Waals surface area contributed by atoms with Gasteiger partial charge in [0.25, 0.3) is 0 Å². The summed E-state index contributed by atoms with van der Waals surface area (Å²) in [7, 11) is 0. The van der Waals surface area contributed by atoms with Crippen LogP contribution in [0.4, 0.5) is 0 Å². The fraction of sp³-hybridized carbons (Fsp3) is 0.909. The van der Waals surface area contributed by atoms with Gasteiger partial charge in [-0.2, -0.15) is 0 Å². The van der Waals surface area contributed by atoms with E-state index >= 15 is 0 Å². The number of nitrogens with one attached hydrogen (secondary N) is 1. The summed E-state index contributed by atoms with van der Waals surface area (Å²) in [5, 5.41) is 12.3. The summed E-state index contributed by atoms with van der Waals surface area (Å²) in [6.07, 6.45) is 1.80. The van der Waals surface area contributed by atoms with Crippen LogP contribution in [0, 0.1) is 5.41 Å². The maximum Gasteiger partial charge on any atom is 0.319 e. The fourth-order valence-electron chi connectivity index (χ4n) is 1.42. The van der Waals surface area contributed by atoms with Gasteiger partial charge >= 0.3 is 5.97 Å². The maximum atomic E-state index is 11.0. The van der Waals surface area contributed by atoms with Gasteiger partial charge in [-0.25, -0.2) is 0 Å². The summed E-state index contributed by atoms with van der Waals surface area (Å²) in [6, 6.07) is 0. The highest BCUT2D eigenvalue weighted by Crippen LogP contribution is 2.24. The molecule has 15 heavy (non-hydrogen) atoms. The molecule has 0 rings (SSSR count). The van der Waals surface area contributed by atoms with E-state index in [4.69, 9.17) is 4.74 Å². The van der Waals surface area contributed by atoms with E-state index in [0.29, 0.717) is 13.2 Å². The average Bonchev–Trinajstić information content (AvgIpc) is 2.25. The Morgan fingerprint density at radius 3 is 2.33 bits per heavy atom. The Labute approximate surface area is 92.0 Å². The molecule has 0 unspecified atom stereocenters. The molecule has 0 aromatic carbocycles. The van der Waals surface area contributed by atoms with Crippen LogP contribution in [0.5, 0.6) is 0 Å². The van der Waals surface area contributed by atoms with Gasteiger partial charge in [-0.1, -0.05) is 13.8 Å². The summed E-state index contributed by atoms with van der Waals surface area (Å²) >= 11 is 0. The van der Waals surface area contributed by atoms with Crippen molar-refractivity contribution in [2.75, 3.05) is 26.3 Å². The van der Waals surface area contributed by atoms with Crippen LogP contribution in [0.15, 0.2) is 0 Å². The van der Waals surface area contributed by atoms with Gasteiger partial charge in [-0.15, -0.1) is 0 Å². The normalized spacial score (nSPS) is 11.5. The first-order valence-corrected chi connectivity index (χ1v) is 5.61. The summed E-state index contributed by atoms with van der Waals surface area (Å²) in [5.74, 6) is -0.239. The first kappa shape index (κ1) is 14.4. The molecule has 0 aliphatic heterocycles. The third-order valence-corrected chi connectivity index (χ3v) is 2.91. The van der Waals surface area contributed by atoms with Crippen molar-refractivity contribution < 1.29 is 14.6 Å². The number of hydrogen-bond acceptors (Lipinski definition) is 4. The van der Waals surface area contributed by atoms with E-state index in [2.05, 4.69) is 5.32 Å². The lowest BCUT2D eigenvalue weighted by atomic mass is 9.83. The quantitative estimate of drug-likeness (QED) is 0.594. The summed E-state index contributed by atoms with van der Waals surface area (Å²) in [6.45, 7) is 7.31. The van der Waals surface area contributed by atoms with Crippen LogP contribution in [-0.2, 0) is 9.53 Å². The molecule has 0 spiro atoms. The molecule has 0 saturated heterocycles. The van der Waals surface area contributed by atoms with Gasteiger partial charge in [0.2, 0.25) is 0 Å². The number of rotatable bonds is 8. The second-order valence-electron chi connectivity index (χ2n) is 3.77. The summed E-state index contributed by atoms with van der Waals surface area (Å²) < 4.78 is 4.79. The van der Waals surface area contributed by atoms with Gasteiger partial charge in [-0.3, -0.25) is 4.79 Å². The van der Waals surface area contributed by atoms with E-state index in [1.54, 1.807) is 6.92 Å². The van der Waals surface area contributed by atoms with Crippen LogP contribution >= 0.6 is 0 Å². The molecule has 4 heteroatoms. The molecule has 0 saturated carbocycles. The minimum atomic E-state index is -0.239. The molecule has 0 aliphatic rings. The second kappa shape index (κ2) is 7.65. The Morgan fingerprint density at radius 1 is 1.33 bits per heavy atom. The molecule has 0 fully saturated rings. The number of aliphatic hydroxyl groups is 1. The highest BCUT2D eigenvalue weighted by Gasteiger charge is 2.24. The predicted octanol–water partition coefficient (Wildman–Crippen LogP) is 0.938. The highest BCUT2D eigenvalue weighted by molar-refractivity contribution is 5.71. The minimum absolute atomic E-state index is 0.105. The van der Waals surface area contributed by atoms with Crippen LogP contribution in [-0.4, -0.2) is 37.4 Å². The fourth-order valence-corrected chi connectivity index (χ4v) is 1.42. The van der Waals surface area contributed by atoms with Crippen molar-refractivity contribution in [2.45, 2.75) is 33.6 Å². The van der Waals surface area contributed by atoms with E-state index in [0.717, 1.165) is 12.8 Å². The number of esters is 1. The van der Waals surface area contributed by atoms with Crippen LogP contribution in [0.3, 0.4) is 0 Å². The SMILES string of the molecule is CCOC(=O)CNCC(CC)(CC)CO. The number of carbonyl (C=O) groups excluding carboxylic acids is 1. The molecular formula is C11H23NO3. The lowest BCUT2D eigenvalue weighted by molar-refractivity contribution is -0.142. The first-order valence-electron chi connectivity index (χ1n) is 5.61. The third-order valence-electron chi connectivity index (χ3n) is 2.91. The average molecular weight is 217 g/mol. The van der Waals surface area contributed by atoms with Crippen molar-refractivity contribution in [3.05, 3.63) is 0 Å². The van der Waals surface area contributed by atoms with Gasteiger partial charge in [0.15, 0.2) is 0 Å². The highest BCUT2D eigenvalue weighted by atomic mass is 16.5. The van der Waals surface area contributed by atoms with Gasteiger partial charge in [0.1, 0.15) is 0 Å². The lowest BCUT2D eigenvalue weighted by Gasteiger charge is -2.29. The van der Waals surface area contributed by atoms with Crippen LogP contribution < -0.4 is 5.32 Å². The van der Waals surface area contributed by atoms with E-state index in [-0.39, 0.29) is 24.5 Å². The van der Waals surface area contributed by atoms with E-state index in [1.807, 2.05) is 13.8 Å². The van der Waals surface area contributed by atoms with Crippen molar-refractivity contribution in [3.8, 4) is 0 Å². The Bertz CT molecular complexity index is 170. The number of aliphatic hydroxyl groups excluding tert-OH is 1. The third kappa shape index (κ3) is 5.14. The zero-order valence-corrected chi connectivity index (χ0v) is 10.0. The van der Waals surface area contributed by atoms with Crippen LogP contribution in [0.2, 0.25) is 0 Å². The standard InChI is InChI=1S/C11H23NO3/c1-4-11(5-2,9-13)8-12-7-10(14)15-6-3/h12-13H,4-9H2,1-3H3. The first-order chi connectivity index (χ1) is 7.14. The Balaban J connectivity index is 3.85. The molecule has 90 valence electrons. The summed E-state index contributed by atoms with van der Waals surface area (Å²) in [4.78, 5) is 11.0. The molecule has 0 bridgehead atoms. The number of hydrogen-bond donors (Lipinski definition) is 2. The minimum Gasteiger partial charge on any atom is -0.465 e. The van der Waals surface area contributed by atoms with Crippen LogP contribution in [0.1, 0.15) is 33.6 Å². The Hall–Kier alpha value is -0.610. The van der Waals surface area contributed by atoms with E-state index in [9.17, 15) is 9.90 Å². The van der Waals surface area contributed by atoms with Crippen molar-refractivity contribution in [2.24, 2.45) is 5.41 Å². The molecule has 0 amide bonds. The van der Waals surface area contributed by atoms with E-state index in [1.165, 1.54) is 0 Å². The zero-order chi connectivity index (χ0) is 11.7. The van der Waals surface area contributed by atoms with Crippen molar-refractivity contribution >= 4 is 5.97 Å². The molecule has 0 radical (unpaired) electrons. The molecule has 2 N–H and O–H groups in total. The molecule has 0 aliphatic carbocycles. The monoisotopic (exact) mass is 217 g/mol. The molecule has 0 aromatic rings. The van der Waals surface area contributed by atoms with Gasteiger partial charge < -0.3 is 15.2 Å². The van der Waals surface area contributed by atoms with Crippen LogP contribution in [0.25, 0.3) is 0 Å². The second-order valence-corrected chi connectivity index (χ2v) is 3.77. The topological polar surface area (TPSA) is 58.6 Å².